The highest BCUT2D eigenvalue weighted by atomic mass is 16.3. The number of aliphatic hydroxyl groups excluding tert-OH is 1. The van der Waals surface area contributed by atoms with E-state index in [4.69, 9.17) is 15.0 Å². The Hall–Kier alpha value is -0.870. The van der Waals surface area contributed by atoms with Gasteiger partial charge in [-0.1, -0.05) is 6.08 Å². The number of nitrogens with one attached hydrogen (secondary N) is 1. The maximum Gasteiger partial charge on any atom is 0.290 e. The summed E-state index contributed by atoms with van der Waals surface area (Å²) < 4.78 is 0. The van der Waals surface area contributed by atoms with Gasteiger partial charge in [-0.05, 0) is 0 Å². The molecule has 4 nitrogen and oxygen atoms in total. The van der Waals surface area contributed by atoms with Crippen molar-refractivity contribution >= 4 is 6.47 Å². The maximum atomic E-state index is 8.36. The summed E-state index contributed by atoms with van der Waals surface area (Å²) in [6.45, 7) is 4.88. The lowest BCUT2D eigenvalue weighted by molar-refractivity contribution is -0.122. The second kappa shape index (κ2) is 15.7. The van der Waals surface area contributed by atoms with Gasteiger partial charge in [0.1, 0.15) is 0 Å². The van der Waals surface area contributed by atoms with E-state index in [1.54, 1.807) is 6.08 Å². The van der Waals surface area contributed by atoms with Crippen molar-refractivity contribution in [3.05, 3.63) is 12.7 Å². The molecule has 0 saturated heterocycles. The third-order valence-electron chi connectivity index (χ3n) is 0.577. The molecule has 0 aliphatic carbocycles. The molecule has 0 amide bonds. The van der Waals surface area contributed by atoms with Crippen LogP contribution in [0.5, 0.6) is 0 Å². The van der Waals surface area contributed by atoms with Crippen LogP contribution in [-0.2, 0) is 4.79 Å². The van der Waals surface area contributed by atoms with E-state index in [0.29, 0.717) is 6.54 Å². The quantitative estimate of drug-likeness (QED) is 0.283. The van der Waals surface area contributed by atoms with Crippen molar-refractivity contribution in [3.8, 4) is 0 Å². The van der Waals surface area contributed by atoms with E-state index < -0.39 is 0 Å². The van der Waals surface area contributed by atoms with Crippen molar-refractivity contribution in [2.24, 2.45) is 0 Å². The predicted octanol–water partition coefficient (Wildman–Crippen LogP) is -0.545. The van der Waals surface area contributed by atoms with Crippen molar-refractivity contribution in [1.82, 2.24) is 5.32 Å². The van der Waals surface area contributed by atoms with Gasteiger partial charge >= 0.3 is 0 Å². The molecule has 0 radical (unpaired) electrons. The van der Waals surface area contributed by atoms with E-state index in [9.17, 15) is 0 Å². The van der Waals surface area contributed by atoms with Crippen LogP contribution in [0.1, 0.15) is 0 Å². The summed E-state index contributed by atoms with van der Waals surface area (Å²) in [5.41, 5.74) is 0. The minimum Gasteiger partial charge on any atom is -0.483 e. The van der Waals surface area contributed by atoms with Crippen LogP contribution in [0.15, 0.2) is 12.7 Å². The monoisotopic (exact) mass is 147 g/mol. The fourth-order valence-electron chi connectivity index (χ4n) is 0.283. The number of carboxylic acid groups (broad SMARTS) is 1. The average molecular weight is 147 g/mol. The molecule has 0 atom stereocenters. The van der Waals surface area contributed by atoms with Crippen molar-refractivity contribution in [3.63, 3.8) is 0 Å². The van der Waals surface area contributed by atoms with Crippen LogP contribution < -0.4 is 5.32 Å². The highest BCUT2D eigenvalue weighted by molar-refractivity contribution is 5.32. The van der Waals surface area contributed by atoms with E-state index in [1.165, 1.54) is 0 Å². The molecule has 0 aliphatic heterocycles. The molecule has 10 heavy (non-hydrogen) atoms. The minimum atomic E-state index is -0.250. The summed E-state index contributed by atoms with van der Waals surface area (Å²) >= 11 is 0. The normalized spacial score (nSPS) is 7.30. The maximum absolute atomic E-state index is 8.36. The van der Waals surface area contributed by atoms with Crippen LogP contribution in [0.2, 0.25) is 0 Å². The molecule has 0 aromatic rings. The molecule has 60 valence electrons. The third-order valence-corrected chi connectivity index (χ3v) is 0.577. The molecular formula is C6H13NO3. The summed E-state index contributed by atoms with van der Waals surface area (Å²) in [6, 6.07) is 0. The molecule has 0 aliphatic rings. The summed E-state index contributed by atoms with van der Waals surface area (Å²) in [6.07, 6.45) is 1.76. The lowest BCUT2D eigenvalue weighted by atomic mass is 10.6. The molecule has 0 aromatic carbocycles. The fraction of sp³-hybridized carbons (Fsp3) is 0.500. The Morgan fingerprint density at radius 3 is 2.40 bits per heavy atom. The van der Waals surface area contributed by atoms with Crippen LogP contribution in [0.4, 0.5) is 0 Å². The predicted molar refractivity (Wildman–Crippen MR) is 38.8 cm³/mol. The number of carbonyl (C=O) groups is 1. The first-order chi connectivity index (χ1) is 4.83. The first-order valence-corrected chi connectivity index (χ1v) is 2.83. The zero-order valence-electron chi connectivity index (χ0n) is 5.79. The zero-order chi connectivity index (χ0) is 8.24. The number of rotatable bonds is 4. The zero-order valence-corrected chi connectivity index (χ0v) is 5.79. The standard InChI is InChI=1S/C5H11NO.CH2O2/c1-2-3-6-4-5-7;2-1-3/h2,6-7H,1,3-5H2;1H,(H,2,3). The fourth-order valence-corrected chi connectivity index (χ4v) is 0.283. The molecular weight excluding hydrogens is 134 g/mol. The van der Waals surface area contributed by atoms with E-state index in [2.05, 4.69) is 11.9 Å². The minimum absolute atomic E-state index is 0.202. The van der Waals surface area contributed by atoms with Gasteiger partial charge in [0.2, 0.25) is 0 Å². The van der Waals surface area contributed by atoms with E-state index >= 15 is 0 Å². The van der Waals surface area contributed by atoms with Crippen LogP contribution in [-0.4, -0.2) is 36.4 Å². The first kappa shape index (κ1) is 11.9. The number of aliphatic hydroxyl groups is 1. The van der Waals surface area contributed by atoms with Gasteiger partial charge in [-0.3, -0.25) is 4.79 Å². The van der Waals surface area contributed by atoms with Gasteiger partial charge in [-0.2, -0.15) is 0 Å². The highest BCUT2D eigenvalue weighted by Crippen LogP contribution is 1.57. The Bertz CT molecular complexity index is 75.4. The molecule has 0 aromatic heterocycles. The average Bonchev–Trinajstić information content (AvgIpc) is 1.91. The molecule has 0 fully saturated rings. The lowest BCUT2D eigenvalue weighted by Gasteiger charge is -1.92. The molecule has 0 bridgehead atoms. The van der Waals surface area contributed by atoms with Gasteiger partial charge in [-0.15, -0.1) is 6.58 Å². The SMILES string of the molecule is C=CCNCCO.O=CO. The smallest absolute Gasteiger partial charge is 0.290 e. The summed E-state index contributed by atoms with van der Waals surface area (Å²) in [4.78, 5) is 8.36. The summed E-state index contributed by atoms with van der Waals surface area (Å²) in [5, 5.41) is 18.0. The Morgan fingerprint density at radius 2 is 2.10 bits per heavy atom. The van der Waals surface area contributed by atoms with Crippen molar-refractivity contribution < 1.29 is 15.0 Å². The Labute approximate surface area is 60.2 Å². The van der Waals surface area contributed by atoms with Crippen molar-refractivity contribution in [2.45, 2.75) is 0 Å². The topological polar surface area (TPSA) is 69.6 Å². The van der Waals surface area contributed by atoms with Crippen LogP contribution in [0.3, 0.4) is 0 Å². The summed E-state index contributed by atoms with van der Waals surface area (Å²) in [5.74, 6) is 0. The molecule has 0 saturated carbocycles. The molecule has 0 heterocycles. The molecule has 4 heteroatoms. The van der Waals surface area contributed by atoms with Crippen LogP contribution in [0, 0.1) is 0 Å². The van der Waals surface area contributed by atoms with Crippen LogP contribution >= 0.6 is 0 Å². The Morgan fingerprint density at radius 1 is 1.60 bits per heavy atom. The van der Waals surface area contributed by atoms with E-state index in [0.717, 1.165) is 6.54 Å². The van der Waals surface area contributed by atoms with Gasteiger partial charge in [0.25, 0.3) is 6.47 Å². The third kappa shape index (κ3) is 27.3. The van der Waals surface area contributed by atoms with Crippen LogP contribution in [0.25, 0.3) is 0 Å². The second-order valence-electron chi connectivity index (χ2n) is 1.32. The highest BCUT2D eigenvalue weighted by Gasteiger charge is 1.74. The largest absolute Gasteiger partial charge is 0.483 e. The molecule has 0 spiro atoms. The van der Waals surface area contributed by atoms with Crippen molar-refractivity contribution in [1.29, 1.82) is 0 Å². The number of hydrogen-bond acceptors (Lipinski definition) is 3. The second-order valence-corrected chi connectivity index (χ2v) is 1.32. The van der Waals surface area contributed by atoms with E-state index in [-0.39, 0.29) is 13.1 Å². The number of hydrogen-bond donors (Lipinski definition) is 3. The van der Waals surface area contributed by atoms with Gasteiger partial charge in [0.05, 0.1) is 6.61 Å². The van der Waals surface area contributed by atoms with Crippen molar-refractivity contribution in [2.75, 3.05) is 19.7 Å². The first-order valence-electron chi connectivity index (χ1n) is 2.83. The van der Waals surface area contributed by atoms with Gasteiger partial charge in [0, 0.05) is 13.1 Å². The van der Waals surface area contributed by atoms with Gasteiger partial charge < -0.3 is 15.5 Å². The molecule has 0 unspecified atom stereocenters. The molecule has 0 rings (SSSR count). The van der Waals surface area contributed by atoms with Gasteiger partial charge in [-0.25, -0.2) is 0 Å². The van der Waals surface area contributed by atoms with E-state index in [1.807, 2.05) is 0 Å². The van der Waals surface area contributed by atoms with Gasteiger partial charge in [0.15, 0.2) is 0 Å². The lowest BCUT2D eigenvalue weighted by Crippen LogP contribution is -2.17. The Kier molecular flexibility index (Phi) is 18.6. The summed E-state index contributed by atoms with van der Waals surface area (Å²) in [7, 11) is 0. The molecule has 3 N–H and O–H groups in total. The Balaban J connectivity index is 0.